The van der Waals surface area contributed by atoms with Gasteiger partial charge in [0, 0.05) is 32.1 Å². The predicted molar refractivity (Wildman–Crippen MR) is 100 cm³/mol. The fraction of sp³-hybridized carbons (Fsp3) is 0.722. The van der Waals surface area contributed by atoms with Gasteiger partial charge in [-0.1, -0.05) is 31.7 Å². The Morgan fingerprint density at radius 2 is 1.56 bits per heavy atom. The summed E-state index contributed by atoms with van der Waals surface area (Å²) in [6, 6.07) is 3.42. The van der Waals surface area contributed by atoms with Gasteiger partial charge >= 0.3 is 0 Å². The summed E-state index contributed by atoms with van der Waals surface area (Å²) in [5, 5.41) is 1.79. The minimum atomic E-state index is -3.38. The van der Waals surface area contributed by atoms with Gasteiger partial charge in [0.25, 0.3) is 10.0 Å². The van der Waals surface area contributed by atoms with Crippen molar-refractivity contribution in [2.45, 2.75) is 55.6 Å². The summed E-state index contributed by atoms with van der Waals surface area (Å²) in [4.78, 5) is 14.9. The number of hydrogen-bond acceptors (Lipinski definition) is 4. The lowest BCUT2D eigenvalue weighted by atomic mass is 9.96. The first-order valence-electron chi connectivity index (χ1n) is 9.41. The molecule has 3 rings (SSSR count). The number of sulfonamides is 1. The molecule has 140 valence electrons. The second-order valence-corrected chi connectivity index (χ2v) is 10.2. The Morgan fingerprint density at radius 1 is 0.960 bits per heavy atom. The Labute approximate surface area is 155 Å². The van der Waals surface area contributed by atoms with Crippen LogP contribution in [0.4, 0.5) is 0 Å². The molecular weight excluding hydrogens is 356 g/mol. The van der Waals surface area contributed by atoms with Crippen molar-refractivity contribution in [2.75, 3.05) is 26.2 Å². The van der Waals surface area contributed by atoms with Gasteiger partial charge < -0.3 is 4.90 Å². The summed E-state index contributed by atoms with van der Waals surface area (Å²) in [6.07, 6.45) is 8.44. The highest BCUT2D eigenvalue weighted by molar-refractivity contribution is 7.91. The highest BCUT2D eigenvalue weighted by atomic mass is 32.2. The van der Waals surface area contributed by atoms with Gasteiger partial charge in [-0.3, -0.25) is 4.79 Å². The summed E-state index contributed by atoms with van der Waals surface area (Å²) >= 11 is 1.25. The van der Waals surface area contributed by atoms with Crippen LogP contribution in [0, 0.1) is 5.92 Å². The summed E-state index contributed by atoms with van der Waals surface area (Å²) in [5.41, 5.74) is 0. The average Bonchev–Trinajstić information content (AvgIpc) is 3.20. The van der Waals surface area contributed by atoms with Gasteiger partial charge in [-0.25, -0.2) is 8.42 Å². The van der Waals surface area contributed by atoms with E-state index in [1.54, 1.807) is 21.8 Å². The third-order valence-electron chi connectivity index (χ3n) is 5.31. The molecule has 1 aromatic rings. The minimum absolute atomic E-state index is 0.0180. The lowest BCUT2D eigenvalue weighted by Crippen LogP contribution is -2.44. The largest absolute Gasteiger partial charge is 0.342 e. The van der Waals surface area contributed by atoms with Crippen LogP contribution in [0.3, 0.4) is 0 Å². The molecule has 0 aliphatic carbocycles. The van der Waals surface area contributed by atoms with E-state index in [0.29, 0.717) is 30.1 Å². The average molecular weight is 385 g/mol. The van der Waals surface area contributed by atoms with Crippen molar-refractivity contribution >= 4 is 27.3 Å². The van der Waals surface area contributed by atoms with Gasteiger partial charge in [0.05, 0.1) is 0 Å². The summed E-state index contributed by atoms with van der Waals surface area (Å²) < 4.78 is 27.1. The van der Waals surface area contributed by atoms with Crippen molar-refractivity contribution in [3.8, 4) is 0 Å². The first-order valence-corrected chi connectivity index (χ1v) is 11.7. The van der Waals surface area contributed by atoms with Crippen LogP contribution in [0.1, 0.15) is 51.4 Å². The van der Waals surface area contributed by atoms with Gasteiger partial charge in [0.1, 0.15) is 4.21 Å². The number of carbonyl (C=O) groups is 1. The highest BCUT2D eigenvalue weighted by Gasteiger charge is 2.34. The molecule has 1 aromatic heterocycles. The maximum atomic E-state index is 12.9. The van der Waals surface area contributed by atoms with Crippen LogP contribution in [0.5, 0.6) is 0 Å². The van der Waals surface area contributed by atoms with Crippen LogP contribution in [-0.4, -0.2) is 49.7 Å². The van der Waals surface area contributed by atoms with E-state index in [2.05, 4.69) is 0 Å². The zero-order chi connectivity index (χ0) is 17.7. The van der Waals surface area contributed by atoms with Crippen LogP contribution < -0.4 is 0 Å². The molecule has 0 spiro atoms. The SMILES string of the molecule is O=C(C1CCN(S(=O)(=O)c2cccs2)CC1)N1CCCCCCCC1. The molecule has 0 saturated carbocycles. The van der Waals surface area contributed by atoms with Crippen molar-refractivity contribution in [3.63, 3.8) is 0 Å². The number of rotatable bonds is 3. The second-order valence-electron chi connectivity index (χ2n) is 7.06. The number of thiophene rings is 1. The van der Waals surface area contributed by atoms with Crippen molar-refractivity contribution < 1.29 is 13.2 Å². The predicted octanol–water partition coefficient (Wildman–Crippen LogP) is 3.33. The topological polar surface area (TPSA) is 57.7 Å². The van der Waals surface area contributed by atoms with E-state index >= 15 is 0 Å². The molecule has 1 amide bonds. The highest BCUT2D eigenvalue weighted by Crippen LogP contribution is 2.27. The molecule has 0 bridgehead atoms. The zero-order valence-electron chi connectivity index (χ0n) is 14.7. The van der Waals surface area contributed by atoms with E-state index in [0.717, 1.165) is 25.9 Å². The molecule has 0 atom stereocenters. The molecule has 0 unspecified atom stereocenters. The lowest BCUT2D eigenvalue weighted by molar-refractivity contribution is -0.136. The fourth-order valence-corrected chi connectivity index (χ4v) is 6.40. The molecule has 3 heterocycles. The zero-order valence-corrected chi connectivity index (χ0v) is 16.4. The first kappa shape index (κ1) is 18.9. The van der Waals surface area contributed by atoms with E-state index in [1.807, 2.05) is 4.90 Å². The summed E-state index contributed by atoms with van der Waals surface area (Å²) in [7, 11) is -3.38. The molecule has 2 fully saturated rings. The molecule has 2 aliphatic heterocycles. The van der Waals surface area contributed by atoms with E-state index < -0.39 is 10.0 Å². The van der Waals surface area contributed by atoms with Crippen LogP contribution in [0.15, 0.2) is 21.7 Å². The van der Waals surface area contributed by atoms with Gasteiger partial charge in [-0.2, -0.15) is 4.31 Å². The molecule has 2 saturated heterocycles. The molecule has 0 radical (unpaired) electrons. The van der Waals surface area contributed by atoms with Crippen LogP contribution in [-0.2, 0) is 14.8 Å². The van der Waals surface area contributed by atoms with Crippen molar-refractivity contribution in [1.29, 1.82) is 0 Å². The van der Waals surface area contributed by atoms with Crippen molar-refractivity contribution in [2.24, 2.45) is 5.92 Å². The third kappa shape index (κ3) is 4.63. The molecule has 0 aromatic carbocycles. The third-order valence-corrected chi connectivity index (χ3v) is 8.58. The number of piperidine rings is 1. The fourth-order valence-electron chi connectivity index (χ4n) is 3.78. The van der Waals surface area contributed by atoms with Gasteiger partial charge in [0.15, 0.2) is 0 Å². The van der Waals surface area contributed by atoms with E-state index in [1.165, 1.54) is 37.0 Å². The number of nitrogens with zero attached hydrogens (tertiary/aromatic N) is 2. The van der Waals surface area contributed by atoms with Crippen molar-refractivity contribution in [1.82, 2.24) is 9.21 Å². The summed E-state index contributed by atoms with van der Waals surface area (Å²) in [5.74, 6) is 0.227. The number of amides is 1. The maximum absolute atomic E-state index is 12.9. The van der Waals surface area contributed by atoms with Crippen LogP contribution >= 0.6 is 11.3 Å². The van der Waals surface area contributed by atoms with Gasteiger partial charge in [-0.05, 0) is 37.1 Å². The second kappa shape index (κ2) is 8.64. The van der Waals surface area contributed by atoms with Gasteiger partial charge in [-0.15, -0.1) is 11.3 Å². The van der Waals surface area contributed by atoms with Crippen molar-refractivity contribution in [3.05, 3.63) is 17.5 Å². The Hall–Kier alpha value is -0.920. The smallest absolute Gasteiger partial charge is 0.252 e. The Morgan fingerprint density at radius 3 is 2.12 bits per heavy atom. The molecule has 5 nitrogen and oxygen atoms in total. The molecular formula is C18H28N2O3S2. The monoisotopic (exact) mass is 384 g/mol. The van der Waals surface area contributed by atoms with Gasteiger partial charge in [0.2, 0.25) is 5.91 Å². The number of carbonyl (C=O) groups excluding carboxylic acids is 1. The van der Waals surface area contributed by atoms with E-state index in [4.69, 9.17) is 0 Å². The van der Waals surface area contributed by atoms with E-state index in [9.17, 15) is 13.2 Å². The molecule has 7 heteroatoms. The molecule has 0 N–H and O–H groups in total. The lowest BCUT2D eigenvalue weighted by Gasteiger charge is -2.33. The van der Waals surface area contributed by atoms with E-state index in [-0.39, 0.29) is 11.8 Å². The standard InChI is InChI=1S/C18H28N2O3S2/c21-18(19-11-5-3-1-2-4-6-12-19)16-9-13-20(14-10-16)25(22,23)17-8-7-15-24-17/h7-8,15-16H,1-6,9-14H2. The Kier molecular flexibility index (Phi) is 6.52. The maximum Gasteiger partial charge on any atom is 0.252 e. The summed E-state index contributed by atoms with van der Waals surface area (Å²) in [6.45, 7) is 2.63. The van der Waals surface area contributed by atoms with Crippen LogP contribution in [0.25, 0.3) is 0 Å². The number of hydrogen-bond donors (Lipinski definition) is 0. The van der Waals surface area contributed by atoms with Crippen LogP contribution in [0.2, 0.25) is 0 Å². The minimum Gasteiger partial charge on any atom is -0.342 e. The quantitative estimate of drug-likeness (QED) is 0.803. The Bertz CT molecular complexity index is 640. The molecule has 25 heavy (non-hydrogen) atoms. The normalized spacial score (nSPS) is 22.2. The first-order chi connectivity index (χ1) is 12.1. The Balaban J connectivity index is 1.57. The molecule has 2 aliphatic rings.